The minimum absolute atomic E-state index is 0.0642. The molecule has 3 heterocycles. The normalized spacial score (nSPS) is 22.5. The predicted molar refractivity (Wildman–Crippen MR) is 112 cm³/mol. The van der Waals surface area contributed by atoms with Gasteiger partial charge in [0.2, 0.25) is 5.91 Å². The van der Waals surface area contributed by atoms with Gasteiger partial charge in [-0.15, -0.1) is 4.40 Å². The summed E-state index contributed by atoms with van der Waals surface area (Å²) in [5.41, 5.74) is 0.610. The second-order valence-corrected chi connectivity index (χ2v) is 9.89. The first kappa shape index (κ1) is 19.4. The molecular weight excluding hydrogens is 424 g/mol. The van der Waals surface area contributed by atoms with Crippen LogP contribution in [0.1, 0.15) is 43.1 Å². The molecule has 1 aromatic heterocycles. The Kier molecular flexibility index (Phi) is 4.73. The van der Waals surface area contributed by atoms with E-state index in [0.29, 0.717) is 41.8 Å². The van der Waals surface area contributed by atoms with Gasteiger partial charge in [0, 0.05) is 24.7 Å². The number of carbonyl (C=O) groups excluding carboxylic acids is 1. The second-order valence-electron chi connectivity index (χ2n) is 7.94. The highest BCUT2D eigenvalue weighted by Crippen LogP contribution is 2.35. The molecule has 1 aliphatic carbocycles. The minimum atomic E-state index is -3.67. The van der Waals surface area contributed by atoms with Crippen molar-refractivity contribution in [2.24, 2.45) is 10.3 Å². The number of rotatable bonds is 4. The quantitative estimate of drug-likeness (QED) is 0.692. The number of H-pyrrole nitrogens is 1. The minimum Gasteiger partial charge on any atom is -0.355 e. The van der Waals surface area contributed by atoms with Crippen molar-refractivity contribution in [1.82, 2.24) is 25.0 Å². The number of aromatic amines is 1. The Hall–Kier alpha value is -2.53. The topological polar surface area (TPSA) is 112 Å². The molecule has 1 unspecified atom stereocenters. The maximum absolute atomic E-state index is 12.8. The van der Waals surface area contributed by atoms with Crippen molar-refractivity contribution in [1.29, 1.82) is 0 Å². The van der Waals surface area contributed by atoms with Crippen LogP contribution in [-0.2, 0) is 21.4 Å². The van der Waals surface area contributed by atoms with E-state index in [2.05, 4.69) is 19.9 Å². The standard InChI is InChI=1S/C19H22N6O3S2/c26-18(20-10-16-21-22-19(29)25(16)13-7-8-13)12-4-3-9-24(11-12)17-14-5-1-2-6-15(14)30(27,28)23-17/h1-2,5-6,12-13H,3-4,7-11H2,(H,20,26)(H,22,29). The van der Waals surface area contributed by atoms with Crippen molar-refractivity contribution in [3.8, 4) is 0 Å². The van der Waals surface area contributed by atoms with Crippen LogP contribution in [0.25, 0.3) is 0 Å². The molecule has 2 aliphatic heterocycles. The number of aromatic nitrogens is 3. The Morgan fingerprint density at radius 3 is 2.87 bits per heavy atom. The number of nitrogens with zero attached hydrogens (tertiary/aromatic N) is 4. The predicted octanol–water partition coefficient (Wildman–Crippen LogP) is 1.75. The van der Waals surface area contributed by atoms with E-state index < -0.39 is 10.0 Å². The van der Waals surface area contributed by atoms with Gasteiger partial charge in [-0.25, -0.2) is 0 Å². The van der Waals surface area contributed by atoms with E-state index in [1.165, 1.54) is 0 Å². The van der Waals surface area contributed by atoms with Crippen LogP contribution in [0.2, 0.25) is 0 Å². The third-order valence-corrected chi connectivity index (χ3v) is 7.43. The summed E-state index contributed by atoms with van der Waals surface area (Å²) in [6.45, 7) is 1.42. The van der Waals surface area contributed by atoms with E-state index in [0.717, 1.165) is 31.5 Å². The molecule has 1 saturated heterocycles. The second kappa shape index (κ2) is 7.31. The molecule has 11 heteroatoms. The molecule has 2 fully saturated rings. The van der Waals surface area contributed by atoms with Gasteiger partial charge in [0.15, 0.2) is 16.4 Å². The van der Waals surface area contributed by atoms with Crippen LogP contribution < -0.4 is 5.32 Å². The smallest absolute Gasteiger partial charge is 0.285 e. The lowest BCUT2D eigenvalue weighted by molar-refractivity contribution is -0.126. The molecule has 1 aromatic carbocycles. The summed E-state index contributed by atoms with van der Waals surface area (Å²) < 4.78 is 31.3. The van der Waals surface area contributed by atoms with E-state index in [-0.39, 0.29) is 16.7 Å². The van der Waals surface area contributed by atoms with Crippen molar-refractivity contribution < 1.29 is 13.2 Å². The molecule has 2 aromatic rings. The van der Waals surface area contributed by atoms with Crippen molar-refractivity contribution in [3.05, 3.63) is 40.4 Å². The van der Waals surface area contributed by atoms with Crippen LogP contribution in [0.15, 0.2) is 33.6 Å². The Morgan fingerprint density at radius 1 is 1.27 bits per heavy atom. The van der Waals surface area contributed by atoms with E-state index >= 15 is 0 Å². The SMILES string of the molecule is O=C(NCc1n[nH]c(=S)n1C1CC1)C1CCCN(C2=NS(=O)(=O)c3ccccc32)C1. The molecule has 158 valence electrons. The van der Waals surface area contributed by atoms with Crippen molar-refractivity contribution >= 4 is 34.0 Å². The number of amidine groups is 1. The van der Waals surface area contributed by atoms with Crippen molar-refractivity contribution in [2.75, 3.05) is 13.1 Å². The lowest BCUT2D eigenvalue weighted by Crippen LogP contribution is -2.45. The number of sulfonamides is 1. The summed E-state index contributed by atoms with van der Waals surface area (Å²) >= 11 is 5.28. The lowest BCUT2D eigenvalue weighted by Gasteiger charge is -2.33. The van der Waals surface area contributed by atoms with Crippen molar-refractivity contribution in [3.63, 3.8) is 0 Å². The zero-order valence-corrected chi connectivity index (χ0v) is 17.9. The molecular formula is C19H22N6O3S2. The number of benzene rings is 1. The van der Waals surface area contributed by atoms with Gasteiger partial charge in [-0.1, -0.05) is 12.1 Å². The number of piperidine rings is 1. The summed E-state index contributed by atoms with van der Waals surface area (Å²) in [5, 5.41) is 10.0. The molecule has 3 aliphatic rings. The summed E-state index contributed by atoms with van der Waals surface area (Å²) in [6.07, 6.45) is 3.71. The van der Waals surface area contributed by atoms with Gasteiger partial charge in [-0.2, -0.15) is 13.5 Å². The summed E-state index contributed by atoms with van der Waals surface area (Å²) in [4.78, 5) is 15.0. The fourth-order valence-electron chi connectivity index (χ4n) is 4.18. The number of nitrogens with one attached hydrogen (secondary N) is 2. The number of fused-ring (bicyclic) bond motifs is 1. The highest BCUT2D eigenvalue weighted by Gasteiger charge is 2.35. The lowest BCUT2D eigenvalue weighted by atomic mass is 9.96. The zero-order chi connectivity index (χ0) is 20.9. The van der Waals surface area contributed by atoms with Crippen LogP contribution >= 0.6 is 12.2 Å². The van der Waals surface area contributed by atoms with Crippen LogP contribution in [0.5, 0.6) is 0 Å². The Balaban J connectivity index is 1.28. The number of amides is 1. The van der Waals surface area contributed by atoms with Gasteiger partial charge in [0.05, 0.1) is 12.5 Å². The molecule has 1 atom stereocenters. The molecule has 2 N–H and O–H groups in total. The molecule has 0 radical (unpaired) electrons. The Bertz CT molecular complexity index is 1190. The Morgan fingerprint density at radius 2 is 2.07 bits per heavy atom. The van der Waals surface area contributed by atoms with Gasteiger partial charge in [0.1, 0.15) is 4.90 Å². The highest BCUT2D eigenvalue weighted by atomic mass is 32.2. The average Bonchev–Trinajstić information content (AvgIpc) is 3.46. The number of hydrogen-bond donors (Lipinski definition) is 2. The average molecular weight is 447 g/mol. The number of likely N-dealkylation sites (tertiary alicyclic amines) is 1. The zero-order valence-electron chi connectivity index (χ0n) is 16.2. The highest BCUT2D eigenvalue weighted by molar-refractivity contribution is 7.90. The van der Waals surface area contributed by atoms with E-state index in [1.807, 2.05) is 9.47 Å². The van der Waals surface area contributed by atoms with E-state index in [1.54, 1.807) is 24.3 Å². The molecule has 9 nitrogen and oxygen atoms in total. The van der Waals surface area contributed by atoms with E-state index in [4.69, 9.17) is 12.2 Å². The summed E-state index contributed by atoms with van der Waals surface area (Å²) in [7, 11) is -3.67. The molecule has 0 bridgehead atoms. The first-order chi connectivity index (χ1) is 14.4. The monoisotopic (exact) mass is 446 g/mol. The van der Waals surface area contributed by atoms with Crippen LogP contribution in [0, 0.1) is 10.7 Å². The summed E-state index contributed by atoms with van der Waals surface area (Å²) in [5.74, 6) is 0.875. The fraction of sp³-hybridized carbons (Fsp3) is 0.474. The molecule has 0 spiro atoms. The van der Waals surface area contributed by atoms with Crippen LogP contribution in [0.3, 0.4) is 0 Å². The third kappa shape index (κ3) is 3.45. The first-order valence-corrected chi connectivity index (χ1v) is 11.9. The van der Waals surface area contributed by atoms with Crippen molar-refractivity contribution in [2.45, 2.75) is 43.2 Å². The van der Waals surface area contributed by atoms with E-state index in [9.17, 15) is 13.2 Å². The van der Waals surface area contributed by atoms with Gasteiger partial charge >= 0.3 is 0 Å². The maximum atomic E-state index is 12.8. The van der Waals surface area contributed by atoms with Crippen LogP contribution in [-0.4, -0.2) is 52.9 Å². The molecule has 5 rings (SSSR count). The molecule has 30 heavy (non-hydrogen) atoms. The molecule has 1 saturated carbocycles. The van der Waals surface area contributed by atoms with Crippen LogP contribution in [0.4, 0.5) is 0 Å². The van der Waals surface area contributed by atoms with Gasteiger partial charge < -0.3 is 10.2 Å². The maximum Gasteiger partial charge on any atom is 0.285 e. The van der Waals surface area contributed by atoms with Gasteiger partial charge in [0.25, 0.3) is 10.0 Å². The largest absolute Gasteiger partial charge is 0.355 e. The number of hydrogen-bond acceptors (Lipinski definition) is 6. The number of carbonyl (C=O) groups is 1. The third-order valence-electron chi connectivity index (χ3n) is 5.81. The Labute approximate surface area is 179 Å². The molecule has 1 amide bonds. The summed E-state index contributed by atoms with van der Waals surface area (Å²) in [6, 6.07) is 7.22. The van der Waals surface area contributed by atoms with Gasteiger partial charge in [-0.3, -0.25) is 14.5 Å². The fourth-order valence-corrected chi connectivity index (χ4v) is 5.71. The van der Waals surface area contributed by atoms with Gasteiger partial charge in [-0.05, 0) is 50.0 Å². The first-order valence-electron chi connectivity index (χ1n) is 10.1.